The van der Waals surface area contributed by atoms with Crippen LogP contribution >= 0.6 is 0 Å². The molecule has 1 aliphatic rings. The molecule has 0 heterocycles. The number of hydrogen-bond acceptors (Lipinski definition) is 0. The van der Waals surface area contributed by atoms with E-state index in [2.05, 4.69) is 255 Å². The van der Waals surface area contributed by atoms with Crippen molar-refractivity contribution in [3.63, 3.8) is 0 Å². The van der Waals surface area contributed by atoms with Gasteiger partial charge in [0.2, 0.25) is 0 Å². The fraction of sp³-hybridized carbons (Fsp3) is 0.257. The highest BCUT2D eigenvalue weighted by molar-refractivity contribution is 6.33. The highest BCUT2D eigenvalue weighted by atomic mass is 14.4. The van der Waals surface area contributed by atoms with Crippen LogP contribution in [-0.4, -0.2) is 0 Å². The van der Waals surface area contributed by atoms with Gasteiger partial charge in [0.1, 0.15) is 0 Å². The second kappa shape index (κ2) is 15.9. The zero-order valence-electron chi connectivity index (χ0n) is 44.0. The molecule has 0 nitrogen and oxygen atoms in total. The quantitative estimate of drug-likeness (QED) is 0.154. The molecule has 0 N–H and O–H groups in total. The molecule has 70 heavy (non-hydrogen) atoms. The van der Waals surface area contributed by atoms with Crippen molar-refractivity contribution in [2.75, 3.05) is 0 Å². The number of fused-ring (bicyclic) bond motifs is 8. The van der Waals surface area contributed by atoms with Crippen LogP contribution in [0.15, 0.2) is 158 Å². The molecule has 1 aliphatic carbocycles. The second-order valence-electron chi connectivity index (χ2n) is 24.7. The smallest absolute Gasteiger partial charge is 0.000719 e. The van der Waals surface area contributed by atoms with E-state index in [0.29, 0.717) is 0 Å². The number of rotatable bonds is 4. The molecule has 0 spiro atoms. The third-order valence-electron chi connectivity index (χ3n) is 15.6. The molecular formula is C70H68. The molecule has 0 atom stereocenters. The Bertz CT molecular complexity index is 3700. The zero-order chi connectivity index (χ0) is 49.4. The second-order valence-corrected chi connectivity index (χ2v) is 24.7. The molecule has 0 unspecified atom stereocenters. The SMILES string of the molecule is Cc1cccc(C)c1-c1ccc2c(-c3cc(C(C)(C)C)cc(C(C)(C)C)c3)c3c(c(-c4cc(C(C)(C)C)cc(C(C)(C)C)c4)c2c1)-c1cccc2c1c-3cc1c3ccccc3c(-c3ccccc3)cc21. The molecule has 0 saturated heterocycles. The Morgan fingerprint density at radius 3 is 1.26 bits per heavy atom. The van der Waals surface area contributed by atoms with Gasteiger partial charge in [-0.25, -0.2) is 0 Å². The standard InChI is InChI=1S/C70H68/c1-41-22-20-23-42(2)61(41)44-30-31-54-59(36-44)63(46-34-49(69(9,10)11)38-50(35-46)70(12,13)14)65-55-29-21-28-53-58-39-56(43-24-16-15-17-25-43)51-26-18-19-27-52(51)57(58)40-60(64(53)55)66(65)62(54)45-32-47(67(3,4)5)37-48(33-45)68(6,7)8/h15-40H,1-14H3. The molecule has 0 aromatic heterocycles. The molecule has 0 fully saturated rings. The molecule has 0 heteroatoms. The van der Waals surface area contributed by atoms with Crippen LogP contribution in [0.25, 0.3) is 110 Å². The number of benzene rings is 10. The van der Waals surface area contributed by atoms with Gasteiger partial charge in [-0.1, -0.05) is 223 Å². The minimum atomic E-state index is -0.0622. The third kappa shape index (κ3) is 7.40. The van der Waals surface area contributed by atoms with E-state index in [9.17, 15) is 0 Å². The van der Waals surface area contributed by atoms with Gasteiger partial charge in [-0.05, 0) is 197 Å². The fourth-order valence-corrected chi connectivity index (χ4v) is 11.6. The van der Waals surface area contributed by atoms with Crippen molar-refractivity contribution in [1.29, 1.82) is 0 Å². The lowest BCUT2D eigenvalue weighted by Gasteiger charge is -2.29. The van der Waals surface area contributed by atoms with Crippen molar-refractivity contribution in [2.24, 2.45) is 0 Å². The first kappa shape index (κ1) is 45.7. The van der Waals surface area contributed by atoms with Crippen molar-refractivity contribution in [3.8, 4) is 66.8 Å². The summed E-state index contributed by atoms with van der Waals surface area (Å²) in [4.78, 5) is 0. The zero-order valence-corrected chi connectivity index (χ0v) is 44.0. The largest absolute Gasteiger partial charge is 0.0622 e. The van der Waals surface area contributed by atoms with Gasteiger partial charge >= 0.3 is 0 Å². The maximum absolute atomic E-state index is 2.58. The van der Waals surface area contributed by atoms with Gasteiger partial charge in [-0.3, -0.25) is 0 Å². The van der Waals surface area contributed by atoms with Crippen molar-refractivity contribution in [1.82, 2.24) is 0 Å². The van der Waals surface area contributed by atoms with E-state index in [-0.39, 0.29) is 21.7 Å². The average molecular weight is 909 g/mol. The number of hydrogen-bond donors (Lipinski definition) is 0. The van der Waals surface area contributed by atoms with E-state index in [0.717, 1.165) is 0 Å². The van der Waals surface area contributed by atoms with Crippen molar-refractivity contribution in [3.05, 3.63) is 191 Å². The Hall–Kier alpha value is -6.76. The highest BCUT2D eigenvalue weighted by Crippen LogP contribution is 2.60. The molecule has 348 valence electrons. The first-order valence-corrected chi connectivity index (χ1v) is 25.6. The summed E-state index contributed by atoms with van der Waals surface area (Å²) in [6.45, 7) is 33.0. The van der Waals surface area contributed by atoms with Gasteiger partial charge < -0.3 is 0 Å². The van der Waals surface area contributed by atoms with Crippen LogP contribution < -0.4 is 0 Å². The summed E-state index contributed by atoms with van der Waals surface area (Å²) in [5.74, 6) is 0. The summed E-state index contributed by atoms with van der Waals surface area (Å²) in [5, 5.41) is 10.4. The normalized spacial score (nSPS) is 13.0. The molecule has 0 aliphatic heterocycles. The van der Waals surface area contributed by atoms with Crippen LogP contribution in [0.4, 0.5) is 0 Å². The van der Waals surface area contributed by atoms with Crippen molar-refractivity contribution >= 4 is 43.1 Å². The van der Waals surface area contributed by atoms with Crippen molar-refractivity contribution < 1.29 is 0 Å². The van der Waals surface area contributed by atoms with E-state index >= 15 is 0 Å². The fourth-order valence-electron chi connectivity index (χ4n) is 11.6. The maximum atomic E-state index is 2.58. The molecular weight excluding hydrogens is 841 g/mol. The van der Waals surface area contributed by atoms with Crippen LogP contribution in [0.3, 0.4) is 0 Å². The van der Waals surface area contributed by atoms with Crippen LogP contribution in [0.5, 0.6) is 0 Å². The summed E-state index contributed by atoms with van der Waals surface area (Å²) in [5.41, 5.74) is 23.4. The van der Waals surface area contributed by atoms with E-state index in [1.807, 2.05) is 0 Å². The lowest BCUT2D eigenvalue weighted by Crippen LogP contribution is -2.17. The van der Waals surface area contributed by atoms with Crippen LogP contribution in [0.2, 0.25) is 0 Å². The van der Waals surface area contributed by atoms with E-state index in [4.69, 9.17) is 0 Å². The Balaban J connectivity index is 1.40. The molecule has 10 aromatic carbocycles. The predicted octanol–water partition coefficient (Wildman–Crippen LogP) is 20.4. The third-order valence-corrected chi connectivity index (χ3v) is 15.6. The van der Waals surface area contributed by atoms with E-state index < -0.39 is 0 Å². The lowest BCUT2D eigenvalue weighted by molar-refractivity contribution is 0.568. The van der Waals surface area contributed by atoms with Gasteiger partial charge in [0.15, 0.2) is 0 Å². The molecule has 10 aromatic rings. The minimum absolute atomic E-state index is 0.0598. The van der Waals surface area contributed by atoms with Crippen molar-refractivity contribution in [2.45, 2.75) is 119 Å². The topological polar surface area (TPSA) is 0 Å². The summed E-state index contributed by atoms with van der Waals surface area (Å²) in [6.07, 6.45) is 0. The molecule has 0 radical (unpaired) electrons. The first-order chi connectivity index (χ1) is 33.1. The summed E-state index contributed by atoms with van der Waals surface area (Å²) >= 11 is 0. The minimum Gasteiger partial charge on any atom is -0.0622 e. The van der Waals surface area contributed by atoms with Crippen LogP contribution in [-0.2, 0) is 21.7 Å². The number of aryl methyl sites for hydroxylation is 2. The Morgan fingerprint density at radius 1 is 0.243 bits per heavy atom. The van der Waals surface area contributed by atoms with Gasteiger partial charge in [-0.15, -0.1) is 0 Å². The molecule has 0 amide bonds. The lowest BCUT2D eigenvalue weighted by atomic mass is 9.75. The summed E-state index contributed by atoms with van der Waals surface area (Å²) in [6, 6.07) is 61.5. The van der Waals surface area contributed by atoms with Gasteiger partial charge in [0.25, 0.3) is 0 Å². The van der Waals surface area contributed by atoms with Gasteiger partial charge in [0, 0.05) is 0 Å². The van der Waals surface area contributed by atoms with E-state index in [1.54, 1.807) is 0 Å². The van der Waals surface area contributed by atoms with E-state index in [1.165, 1.54) is 143 Å². The van der Waals surface area contributed by atoms with Gasteiger partial charge in [0.05, 0.1) is 0 Å². The summed E-state index contributed by atoms with van der Waals surface area (Å²) < 4.78 is 0. The Kier molecular flexibility index (Phi) is 10.4. The highest BCUT2D eigenvalue weighted by Gasteiger charge is 2.34. The Morgan fingerprint density at radius 2 is 0.700 bits per heavy atom. The Labute approximate surface area is 417 Å². The molecule has 0 bridgehead atoms. The monoisotopic (exact) mass is 909 g/mol. The predicted molar refractivity (Wildman–Crippen MR) is 307 cm³/mol. The first-order valence-electron chi connectivity index (χ1n) is 25.6. The van der Waals surface area contributed by atoms with Crippen LogP contribution in [0, 0.1) is 13.8 Å². The van der Waals surface area contributed by atoms with Crippen LogP contribution in [0.1, 0.15) is 116 Å². The average Bonchev–Trinajstić information content (AvgIpc) is 3.63. The molecule has 0 saturated carbocycles. The summed E-state index contributed by atoms with van der Waals surface area (Å²) in [7, 11) is 0. The molecule has 11 rings (SSSR count). The van der Waals surface area contributed by atoms with Gasteiger partial charge in [-0.2, -0.15) is 0 Å². The maximum Gasteiger partial charge on any atom is -0.000719 e.